The molecule has 0 spiro atoms. The molecule has 0 atom stereocenters. The summed E-state index contributed by atoms with van der Waals surface area (Å²) in [6.45, 7) is 8.07. The summed E-state index contributed by atoms with van der Waals surface area (Å²) in [7, 11) is 0. The topological polar surface area (TPSA) is 89.9 Å². The maximum absolute atomic E-state index is 11.8. The molecule has 0 radical (unpaired) electrons. The molecule has 0 aromatic rings. The third kappa shape index (κ3) is 14.2. The summed E-state index contributed by atoms with van der Waals surface area (Å²) >= 11 is 0. The van der Waals surface area contributed by atoms with Crippen LogP contribution in [0.5, 0.6) is 0 Å². The Morgan fingerprint density at radius 2 is 1.28 bits per heavy atom. The SMILES string of the molecule is C=C(C)C(=O)OC(C)(C)OC(=O)CCCCCCCCCCC(=O)O. The van der Waals surface area contributed by atoms with Crippen molar-refractivity contribution < 1.29 is 29.0 Å². The summed E-state index contributed by atoms with van der Waals surface area (Å²) in [4.78, 5) is 33.6. The number of unbranched alkanes of at least 4 members (excludes halogenated alkanes) is 7. The smallest absolute Gasteiger partial charge is 0.336 e. The average molecular weight is 356 g/mol. The van der Waals surface area contributed by atoms with Gasteiger partial charge in [-0.1, -0.05) is 45.1 Å². The molecule has 0 amide bonds. The predicted octanol–water partition coefficient (Wildman–Crippen LogP) is 4.37. The minimum atomic E-state index is -1.29. The zero-order valence-electron chi connectivity index (χ0n) is 15.8. The van der Waals surface area contributed by atoms with Crippen LogP contribution in [0.2, 0.25) is 0 Å². The lowest BCUT2D eigenvalue weighted by molar-refractivity contribution is -0.213. The van der Waals surface area contributed by atoms with Crippen molar-refractivity contribution in [3.63, 3.8) is 0 Å². The minimum absolute atomic E-state index is 0.250. The number of carboxylic acids is 1. The number of hydrogen-bond donors (Lipinski definition) is 1. The highest BCUT2D eigenvalue weighted by Crippen LogP contribution is 2.16. The van der Waals surface area contributed by atoms with Gasteiger partial charge in [0.15, 0.2) is 0 Å². The van der Waals surface area contributed by atoms with Crippen molar-refractivity contribution in [1.29, 1.82) is 0 Å². The lowest BCUT2D eigenvalue weighted by atomic mass is 10.1. The molecule has 6 nitrogen and oxygen atoms in total. The summed E-state index contributed by atoms with van der Waals surface area (Å²) in [6, 6.07) is 0. The second kappa shape index (κ2) is 12.5. The molecule has 0 aromatic carbocycles. The molecule has 0 heterocycles. The van der Waals surface area contributed by atoms with E-state index in [2.05, 4.69) is 6.58 Å². The van der Waals surface area contributed by atoms with Crippen LogP contribution in [-0.4, -0.2) is 28.8 Å². The van der Waals surface area contributed by atoms with Crippen molar-refractivity contribution in [2.45, 2.75) is 90.8 Å². The van der Waals surface area contributed by atoms with E-state index in [9.17, 15) is 14.4 Å². The molecule has 1 N–H and O–H groups in total. The summed E-state index contributed by atoms with van der Waals surface area (Å²) in [5.41, 5.74) is 0.257. The van der Waals surface area contributed by atoms with E-state index in [-0.39, 0.29) is 18.0 Å². The van der Waals surface area contributed by atoms with Crippen molar-refractivity contribution in [3.8, 4) is 0 Å². The second-order valence-electron chi connectivity index (χ2n) is 6.77. The Morgan fingerprint density at radius 3 is 1.72 bits per heavy atom. The number of rotatable bonds is 14. The first kappa shape index (κ1) is 23.1. The zero-order valence-corrected chi connectivity index (χ0v) is 15.8. The molecule has 0 aliphatic heterocycles. The van der Waals surface area contributed by atoms with E-state index in [0.717, 1.165) is 51.4 Å². The van der Waals surface area contributed by atoms with Crippen LogP contribution in [0.4, 0.5) is 0 Å². The molecule has 25 heavy (non-hydrogen) atoms. The molecule has 144 valence electrons. The van der Waals surface area contributed by atoms with Crippen molar-refractivity contribution >= 4 is 17.9 Å². The third-order valence-corrected chi connectivity index (χ3v) is 3.57. The molecule has 0 bridgehead atoms. The van der Waals surface area contributed by atoms with Gasteiger partial charge in [-0.3, -0.25) is 9.59 Å². The molecule has 0 saturated carbocycles. The fourth-order valence-corrected chi connectivity index (χ4v) is 2.26. The molecule has 0 fully saturated rings. The minimum Gasteiger partial charge on any atom is -0.481 e. The van der Waals surface area contributed by atoms with Gasteiger partial charge in [0.25, 0.3) is 5.79 Å². The molecule has 0 rings (SSSR count). The van der Waals surface area contributed by atoms with Gasteiger partial charge in [-0.25, -0.2) is 4.79 Å². The van der Waals surface area contributed by atoms with Gasteiger partial charge < -0.3 is 14.6 Å². The van der Waals surface area contributed by atoms with E-state index >= 15 is 0 Å². The Balaban J connectivity index is 3.65. The van der Waals surface area contributed by atoms with Crippen molar-refractivity contribution in [2.75, 3.05) is 0 Å². The van der Waals surface area contributed by atoms with E-state index in [1.54, 1.807) is 0 Å². The first-order valence-electron chi connectivity index (χ1n) is 8.96. The molecule has 6 heteroatoms. The zero-order chi connectivity index (χ0) is 19.3. The predicted molar refractivity (Wildman–Crippen MR) is 94.9 cm³/mol. The molecular weight excluding hydrogens is 324 g/mol. The van der Waals surface area contributed by atoms with Crippen molar-refractivity contribution in [3.05, 3.63) is 12.2 Å². The Labute approximate surface area is 150 Å². The van der Waals surface area contributed by atoms with Gasteiger partial charge in [0.05, 0.1) is 0 Å². The van der Waals surface area contributed by atoms with Gasteiger partial charge in [0, 0.05) is 32.3 Å². The lowest BCUT2D eigenvalue weighted by Gasteiger charge is -2.25. The molecule has 0 saturated heterocycles. The van der Waals surface area contributed by atoms with E-state index in [4.69, 9.17) is 14.6 Å². The summed E-state index contributed by atoms with van der Waals surface area (Å²) < 4.78 is 10.2. The first-order chi connectivity index (χ1) is 11.6. The Morgan fingerprint density at radius 1 is 0.840 bits per heavy atom. The van der Waals surface area contributed by atoms with Gasteiger partial charge in [0.1, 0.15) is 0 Å². The van der Waals surface area contributed by atoms with Crippen LogP contribution in [0.15, 0.2) is 12.2 Å². The van der Waals surface area contributed by atoms with Crippen LogP contribution < -0.4 is 0 Å². The number of ether oxygens (including phenoxy) is 2. The van der Waals surface area contributed by atoms with Crippen LogP contribution in [-0.2, 0) is 23.9 Å². The lowest BCUT2D eigenvalue weighted by Crippen LogP contribution is -2.34. The van der Waals surface area contributed by atoms with Crippen LogP contribution in [0.25, 0.3) is 0 Å². The molecule has 0 unspecified atom stereocenters. The van der Waals surface area contributed by atoms with Gasteiger partial charge >= 0.3 is 17.9 Å². The number of carbonyl (C=O) groups is 3. The summed E-state index contributed by atoms with van der Waals surface area (Å²) in [5, 5.41) is 8.53. The standard InChI is InChI=1S/C19H32O6/c1-15(2)18(23)25-19(3,4)24-17(22)14-12-10-8-6-5-7-9-11-13-16(20)21/h1,5-14H2,2-4H3,(H,20,21). The summed E-state index contributed by atoms with van der Waals surface area (Å²) in [6.07, 6.45) is 8.20. The molecule has 0 aliphatic carbocycles. The second-order valence-corrected chi connectivity index (χ2v) is 6.77. The number of carboxylic acid groups (broad SMARTS) is 1. The monoisotopic (exact) mass is 356 g/mol. The maximum atomic E-state index is 11.8. The van der Waals surface area contributed by atoms with Crippen LogP contribution in [0.1, 0.15) is 85.0 Å². The van der Waals surface area contributed by atoms with Gasteiger partial charge in [0.2, 0.25) is 0 Å². The van der Waals surface area contributed by atoms with Crippen LogP contribution in [0, 0.1) is 0 Å². The van der Waals surface area contributed by atoms with E-state index < -0.39 is 17.7 Å². The normalized spacial score (nSPS) is 11.0. The van der Waals surface area contributed by atoms with E-state index in [1.165, 1.54) is 20.8 Å². The number of carbonyl (C=O) groups excluding carboxylic acids is 2. The summed E-state index contributed by atoms with van der Waals surface area (Å²) in [5.74, 6) is -2.98. The highest BCUT2D eigenvalue weighted by atomic mass is 16.7. The van der Waals surface area contributed by atoms with E-state index in [1.807, 2.05) is 0 Å². The highest BCUT2D eigenvalue weighted by Gasteiger charge is 2.27. The fourth-order valence-electron chi connectivity index (χ4n) is 2.26. The third-order valence-electron chi connectivity index (χ3n) is 3.57. The Hall–Kier alpha value is -1.85. The molecule has 0 aromatic heterocycles. The highest BCUT2D eigenvalue weighted by molar-refractivity contribution is 5.87. The van der Waals surface area contributed by atoms with Crippen molar-refractivity contribution in [1.82, 2.24) is 0 Å². The van der Waals surface area contributed by atoms with Crippen LogP contribution >= 0.6 is 0 Å². The molecular formula is C19H32O6. The van der Waals surface area contributed by atoms with Gasteiger partial charge in [-0.05, 0) is 19.8 Å². The largest absolute Gasteiger partial charge is 0.481 e. The number of aliphatic carboxylic acids is 1. The van der Waals surface area contributed by atoms with Gasteiger partial charge in [-0.15, -0.1) is 0 Å². The molecule has 0 aliphatic rings. The quantitative estimate of drug-likeness (QED) is 0.215. The Kier molecular flexibility index (Phi) is 11.6. The van der Waals surface area contributed by atoms with Gasteiger partial charge in [-0.2, -0.15) is 0 Å². The average Bonchev–Trinajstić information content (AvgIpc) is 2.47. The Bertz CT molecular complexity index is 453. The first-order valence-corrected chi connectivity index (χ1v) is 8.96. The fraction of sp³-hybridized carbons (Fsp3) is 0.737. The van der Waals surface area contributed by atoms with E-state index in [0.29, 0.717) is 6.42 Å². The number of hydrogen-bond acceptors (Lipinski definition) is 5. The number of esters is 2. The maximum Gasteiger partial charge on any atom is 0.336 e. The van der Waals surface area contributed by atoms with Crippen molar-refractivity contribution in [2.24, 2.45) is 0 Å². The van der Waals surface area contributed by atoms with Crippen LogP contribution in [0.3, 0.4) is 0 Å².